The molecule has 1 unspecified atom stereocenters. The molecule has 0 aliphatic heterocycles. The number of carboxylic acids is 1. The summed E-state index contributed by atoms with van der Waals surface area (Å²) in [5.74, 6) is -1.10. The van der Waals surface area contributed by atoms with Crippen LogP contribution in [0.4, 0.5) is 4.79 Å². The Morgan fingerprint density at radius 2 is 2.00 bits per heavy atom. The number of aliphatic carboxylic acids is 1. The lowest BCUT2D eigenvalue weighted by Gasteiger charge is -2.37. The highest BCUT2D eigenvalue weighted by molar-refractivity contribution is 7.09. The number of carbonyl (C=O) groups excluding carboxylic acids is 1. The van der Waals surface area contributed by atoms with E-state index in [9.17, 15) is 14.7 Å². The molecule has 1 aliphatic rings. The minimum Gasteiger partial charge on any atom is -0.479 e. The molecule has 1 aromatic heterocycles. The Morgan fingerprint density at radius 1 is 1.38 bits per heavy atom. The van der Waals surface area contributed by atoms with Crippen molar-refractivity contribution in [2.24, 2.45) is 0 Å². The molecule has 116 valence electrons. The molecular formula is C14H20N2O4S. The molecule has 21 heavy (non-hydrogen) atoms. The van der Waals surface area contributed by atoms with E-state index in [-0.39, 0.29) is 6.04 Å². The van der Waals surface area contributed by atoms with Crippen molar-refractivity contribution in [2.75, 3.05) is 0 Å². The molecule has 7 heteroatoms. The Kier molecular flexibility index (Phi) is 3.97. The molecule has 1 atom stereocenters. The normalized spacial score (nSPS) is 17.9. The smallest absolute Gasteiger partial charge is 0.411 e. The standard InChI is InChI=1S/C14H20N2O4S/c1-13(2,3)20-12(19)16(9-5-6-9)14(4,11(17)18)10-15-7-8-21-10/h7-9H,5-6H2,1-4H3,(H,17,18). The fourth-order valence-corrected chi connectivity index (χ4v) is 2.89. The summed E-state index contributed by atoms with van der Waals surface area (Å²) >= 11 is 1.23. The molecule has 0 spiro atoms. The number of ether oxygens (including phenoxy) is 1. The van der Waals surface area contributed by atoms with Gasteiger partial charge < -0.3 is 9.84 Å². The van der Waals surface area contributed by atoms with Crippen molar-refractivity contribution < 1.29 is 19.4 Å². The molecule has 1 fully saturated rings. The molecule has 6 nitrogen and oxygen atoms in total. The number of thiazole rings is 1. The summed E-state index contributed by atoms with van der Waals surface area (Å²) in [6, 6.07) is -0.107. The van der Waals surface area contributed by atoms with Gasteiger partial charge in [-0.25, -0.2) is 14.6 Å². The Balaban J connectivity index is 2.39. The SMILES string of the molecule is CC(C)(C)OC(=O)N(C1CC1)C(C)(C(=O)O)c1nccs1. The van der Waals surface area contributed by atoms with Crippen molar-refractivity contribution in [3.8, 4) is 0 Å². The van der Waals surface area contributed by atoms with E-state index < -0.39 is 23.2 Å². The Morgan fingerprint density at radius 3 is 2.38 bits per heavy atom. The zero-order chi connectivity index (χ0) is 15.8. The first kappa shape index (κ1) is 15.8. The second-order valence-corrected chi connectivity index (χ2v) is 7.19. The van der Waals surface area contributed by atoms with Gasteiger partial charge in [0.25, 0.3) is 0 Å². The number of carboxylic acid groups (broad SMARTS) is 1. The van der Waals surface area contributed by atoms with Crippen molar-refractivity contribution in [2.45, 2.75) is 57.7 Å². The number of rotatable bonds is 4. The summed E-state index contributed by atoms with van der Waals surface area (Å²) < 4.78 is 5.40. The quantitative estimate of drug-likeness (QED) is 0.924. The molecule has 2 rings (SSSR count). The van der Waals surface area contributed by atoms with Gasteiger partial charge in [0.2, 0.25) is 0 Å². The second-order valence-electron chi connectivity index (χ2n) is 6.30. The highest BCUT2D eigenvalue weighted by atomic mass is 32.1. The predicted octanol–water partition coefficient (Wildman–Crippen LogP) is 2.84. The van der Waals surface area contributed by atoms with E-state index in [1.54, 1.807) is 32.3 Å². The lowest BCUT2D eigenvalue weighted by molar-refractivity contribution is -0.151. The van der Waals surface area contributed by atoms with E-state index in [1.807, 2.05) is 0 Å². The number of carbonyl (C=O) groups is 2. The lowest BCUT2D eigenvalue weighted by atomic mass is 10.0. The summed E-state index contributed by atoms with van der Waals surface area (Å²) in [5, 5.41) is 11.8. The van der Waals surface area contributed by atoms with E-state index in [0.717, 1.165) is 12.8 Å². The number of hydrogen-bond donors (Lipinski definition) is 1. The summed E-state index contributed by atoms with van der Waals surface area (Å²) in [5.41, 5.74) is -2.18. The first-order chi connectivity index (χ1) is 9.66. The largest absolute Gasteiger partial charge is 0.479 e. The fraction of sp³-hybridized carbons (Fsp3) is 0.643. The monoisotopic (exact) mass is 312 g/mol. The van der Waals surface area contributed by atoms with Gasteiger partial charge in [0.15, 0.2) is 5.54 Å². The highest BCUT2D eigenvalue weighted by Gasteiger charge is 2.53. The molecule has 1 N–H and O–H groups in total. The maximum Gasteiger partial charge on any atom is 0.411 e. The van der Waals surface area contributed by atoms with Crippen molar-refractivity contribution >= 4 is 23.4 Å². The average Bonchev–Trinajstić information content (AvgIpc) is 3.00. The zero-order valence-corrected chi connectivity index (χ0v) is 13.4. The molecule has 1 aliphatic carbocycles. The molecule has 0 bridgehead atoms. The Labute approximate surface area is 127 Å². The summed E-state index contributed by atoms with van der Waals surface area (Å²) in [6.07, 6.45) is 2.51. The van der Waals surface area contributed by atoms with Crippen LogP contribution < -0.4 is 0 Å². The minimum atomic E-state index is -1.50. The number of aromatic nitrogens is 1. The van der Waals surface area contributed by atoms with Crippen LogP contribution in [-0.2, 0) is 15.1 Å². The van der Waals surface area contributed by atoms with Crippen molar-refractivity contribution in [3.63, 3.8) is 0 Å². The van der Waals surface area contributed by atoms with Gasteiger partial charge in [-0.15, -0.1) is 11.3 Å². The van der Waals surface area contributed by atoms with Gasteiger partial charge >= 0.3 is 12.1 Å². The van der Waals surface area contributed by atoms with Crippen molar-refractivity contribution in [1.29, 1.82) is 0 Å². The van der Waals surface area contributed by atoms with Crippen LogP contribution in [0.3, 0.4) is 0 Å². The van der Waals surface area contributed by atoms with Gasteiger partial charge in [0.1, 0.15) is 10.6 Å². The van der Waals surface area contributed by atoms with Crippen LogP contribution >= 0.6 is 11.3 Å². The van der Waals surface area contributed by atoms with Crippen molar-refractivity contribution in [3.05, 3.63) is 16.6 Å². The number of amides is 1. The zero-order valence-electron chi connectivity index (χ0n) is 12.6. The third kappa shape index (κ3) is 3.18. The number of nitrogens with zero attached hydrogens (tertiary/aromatic N) is 2. The molecule has 0 saturated heterocycles. The fourth-order valence-electron chi connectivity index (χ4n) is 2.10. The molecular weight excluding hydrogens is 292 g/mol. The van der Waals surface area contributed by atoms with Crippen LogP contribution in [0, 0.1) is 0 Å². The third-order valence-corrected chi connectivity index (χ3v) is 4.23. The van der Waals surface area contributed by atoms with Gasteiger partial charge in [-0.05, 0) is 40.5 Å². The van der Waals surface area contributed by atoms with Crippen LogP contribution in [0.2, 0.25) is 0 Å². The van der Waals surface area contributed by atoms with Crippen LogP contribution in [0.5, 0.6) is 0 Å². The first-order valence-electron chi connectivity index (χ1n) is 6.82. The van der Waals surface area contributed by atoms with Crippen LogP contribution in [0.1, 0.15) is 45.5 Å². The van der Waals surface area contributed by atoms with Crippen LogP contribution in [0.25, 0.3) is 0 Å². The third-order valence-electron chi connectivity index (χ3n) is 3.25. The van der Waals surface area contributed by atoms with Gasteiger partial charge in [-0.3, -0.25) is 4.90 Å². The van der Waals surface area contributed by atoms with E-state index in [0.29, 0.717) is 5.01 Å². The van der Waals surface area contributed by atoms with E-state index in [4.69, 9.17) is 4.74 Å². The molecule has 1 heterocycles. The summed E-state index contributed by atoms with van der Waals surface area (Å²) in [4.78, 5) is 29.8. The molecule has 0 aromatic carbocycles. The molecule has 1 amide bonds. The summed E-state index contributed by atoms with van der Waals surface area (Å²) in [6.45, 7) is 6.79. The molecule has 1 saturated carbocycles. The maximum absolute atomic E-state index is 12.5. The number of hydrogen-bond acceptors (Lipinski definition) is 5. The van der Waals surface area contributed by atoms with Gasteiger partial charge in [-0.1, -0.05) is 0 Å². The molecule has 0 radical (unpaired) electrons. The van der Waals surface area contributed by atoms with Gasteiger partial charge in [0.05, 0.1) is 0 Å². The van der Waals surface area contributed by atoms with Gasteiger partial charge in [0, 0.05) is 17.6 Å². The molecule has 1 aromatic rings. The highest BCUT2D eigenvalue weighted by Crippen LogP contribution is 2.40. The average molecular weight is 312 g/mol. The minimum absolute atomic E-state index is 0.107. The van der Waals surface area contributed by atoms with Crippen LogP contribution in [-0.4, -0.2) is 38.7 Å². The van der Waals surface area contributed by atoms with E-state index in [2.05, 4.69) is 4.98 Å². The Hall–Kier alpha value is -1.63. The topological polar surface area (TPSA) is 79.7 Å². The maximum atomic E-state index is 12.5. The van der Waals surface area contributed by atoms with Crippen molar-refractivity contribution in [1.82, 2.24) is 9.88 Å². The first-order valence-corrected chi connectivity index (χ1v) is 7.70. The van der Waals surface area contributed by atoms with Gasteiger partial charge in [-0.2, -0.15) is 0 Å². The predicted molar refractivity (Wildman–Crippen MR) is 78.2 cm³/mol. The van der Waals surface area contributed by atoms with E-state index >= 15 is 0 Å². The lowest BCUT2D eigenvalue weighted by Crippen LogP contribution is -2.55. The van der Waals surface area contributed by atoms with E-state index in [1.165, 1.54) is 23.2 Å². The second kappa shape index (κ2) is 5.29. The van der Waals surface area contributed by atoms with Crippen LogP contribution in [0.15, 0.2) is 11.6 Å². The summed E-state index contributed by atoms with van der Waals surface area (Å²) in [7, 11) is 0. The Bertz CT molecular complexity index is 534.